The number of halogens is 1. The fourth-order valence-electron chi connectivity index (χ4n) is 5.71. The van der Waals surface area contributed by atoms with Crippen molar-refractivity contribution in [2.45, 2.75) is 31.8 Å². The Balaban J connectivity index is 1.49. The largest absolute Gasteiger partial charge is 0.356 e. The molecule has 2 amide bonds. The lowest BCUT2D eigenvalue weighted by atomic mass is 9.76. The van der Waals surface area contributed by atoms with Crippen LogP contribution < -0.4 is 0 Å². The minimum atomic E-state index is -1.10. The first-order chi connectivity index (χ1) is 16.9. The lowest BCUT2D eigenvalue weighted by molar-refractivity contribution is -0.166. The first kappa shape index (κ1) is 21.9. The summed E-state index contributed by atoms with van der Waals surface area (Å²) in [6.07, 6.45) is 0. The fourth-order valence-corrected chi connectivity index (χ4v) is 5.84. The molecule has 3 aromatic carbocycles. The molecule has 0 radical (unpaired) electrons. The monoisotopic (exact) mass is 483 g/mol. The van der Waals surface area contributed by atoms with E-state index in [1.54, 1.807) is 9.80 Å². The van der Waals surface area contributed by atoms with Gasteiger partial charge in [0.2, 0.25) is 5.91 Å². The highest BCUT2D eigenvalue weighted by molar-refractivity contribution is 6.30. The summed E-state index contributed by atoms with van der Waals surface area (Å²) in [6, 6.07) is 24.0. The summed E-state index contributed by atoms with van der Waals surface area (Å²) in [6.45, 7) is 4.85. The smallest absolute Gasteiger partial charge is 0.255 e. The van der Waals surface area contributed by atoms with E-state index in [2.05, 4.69) is 11.1 Å². The molecule has 35 heavy (non-hydrogen) atoms. The molecule has 4 aromatic rings. The summed E-state index contributed by atoms with van der Waals surface area (Å²) < 4.78 is 0. The lowest BCUT2D eigenvalue weighted by Crippen LogP contribution is -2.67. The third-order valence-electron chi connectivity index (χ3n) is 7.58. The molecule has 1 fully saturated rings. The maximum atomic E-state index is 14.1. The van der Waals surface area contributed by atoms with E-state index >= 15 is 0 Å². The van der Waals surface area contributed by atoms with Crippen molar-refractivity contribution < 1.29 is 9.59 Å². The zero-order valence-corrected chi connectivity index (χ0v) is 20.5. The van der Waals surface area contributed by atoms with E-state index in [1.165, 1.54) is 0 Å². The van der Waals surface area contributed by atoms with Gasteiger partial charge in [0.25, 0.3) is 5.91 Å². The summed E-state index contributed by atoms with van der Waals surface area (Å²) in [5.74, 6) is -0.158. The molecule has 2 atom stereocenters. The van der Waals surface area contributed by atoms with Crippen LogP contribution in [0.15, 0.2) is 72.8 Å². The number of rotatable bonds is 3. The molecule has 2 aliphatic heterocycles. The van der Waals surface area contributed by atoms with Crippen molar-refractivity contribution in [2.24, 2.45) is 0 Å². The van der Waals surface area contributed by atoms with E-state index in [0.29, 0.717) is 18.1 Å². The molecule has 5 nitrogen and oxygen atoms in total. The van der Waals surface area contributed by atoms with Crippen LogP contribution in [0, 0.1) is 6.92 Å². The van der Waals surface area contributed by atoms with Crippen LogP contribution >= 0.6 is 11.6 Å². The highest BCUT2D eigenvalue weighted by atomic mass is 35.5. The number of piperazine rings is 1. The summed E-state index contributed by atoms with van der Waals surface area (Å²) in [7, 11) is 0. The molecule has 6 heteroatoms. The Labute approximate surface area is 209 Å². The van der Waals surface area contributed by atoms with Gasteiger partial charge in [-0.25, -0.2) is 0 Å². The van der Waals surface area contributed by atoms with Crippen molar-refractivity contribution in [3.8, 4) is 0 Å². The zero-order valence-electron chi connectivity index (χ0n) is 19.7. The van der Waals surface area contributed by atoms with Gasteiger partial charge in [0, 0.05) is 34.9 Å². The van der Waals surface area contributed by atoms with Crippen LogP contribution in [0.1, 0.15) is 40.8 Å². The number of carbonyl (C=O) groups excluding carboxylic acids is 2. The first-order valence-electron chi connectivity index (χ1n) is 11.9. The second kappa shape index (κ2) is 7.99. The van der Waals surface area contributed by atoms with Crippen molar-refractivity contribution in [3.05, 3.63) is 106 Å². The van der Waals surface area contributed by atoms with Crippen LogP contribution in [0.3, 0.4) is 0 Å². The standard InChI is InChI=1S/C29H26ClN3O2/c1-18-7-9-19(10-8-18)15-32-17-25(34)33-16-23(20-11-13-21(30)14-12-20)26-22-5-3-4-6-24(22)31-27(26)29(33,2)28(32)35/h3-14,23,31H,15-17H2,1-2H3/t23-,29-/m0/s1. The second-order valence-corrected chi connectivity index (χ2v) is 10.2. The summed E-state index contributed by atoms with van der Waals surface area (Å²) in [5, 5.41) is 1.75. The lowest BCUT2D eigenvalue weighted by Gasteiger charge is -2.51. The van der Waals surface area contributed by atoms with Gasteiger partial charge in [-0.1, -0.05) is 71.8 Å². The minimum Gasteiger partial charge on any atom is -0.356 e. The summed E-state index contributed by atoms with van der Waals surface area (Å²) in [5.41, 5.74) is 5.01. The highest BCUT2D eigenvalue weighted by Gasteiger charge is 2.56. The quantitative estimate of drug-likeness (QED) is 0.426. The van der Waals surface area contributed by atoms with Gasteiger partial charge in [0.1, 0.15) is 6.54 Å². The number of benzene rings is 3. The van der Waals surface area contributed by atoms with Gasteiger partial charge in [0.15, 0.2) is 5.54 Å². The van der Waals surface area contributed by atoms with Crippen LogP contribution in [-0.2, 0) is 21.7 Å². The Bertz CT molecular complexity index is 1460. The molecule has 3 heterocycles. The third kappa shape index (κ3) is 3.37. The van der Waals surface area contributed by atoms with Crippen molar-refractivity contribution >= 4 is 34.3 Å². The van der Waals surface area contributed by atoms with E-state index in [0.717, 1.165) is 38.9 Å². The Hall–Kier alpha value is -3.57. The number of nitrogens with zero attached hydrogens (tertiary/aromatic N) is 2. The van der Waals surface area contributed by atoms with E-state index in [-0.39, 0.29) is 24.3 Å². The zero-order chi connectivity index (χ0) is 24.3. The normalized spacial score (nSPS) is 21.9. The van der Waals surface area contributed by atoms with E-state index in [1.807, 2.05) is 80.6 Å². The van der Waals surface area contributed by atoms with Crippen LogP contribution in [-0.4, -0.2) is 39.7 Å². The molecule has 1 N–H and O–H groups in total. The third-order valence-corrected chi connectivity index (χ3v) is 7.84. The summed E-state index contributed by atoms with van der Waals surface area (Å²) >= 11 is 6.17. The number of aryl methyl sites for hydroxylation is 1. The molecule has 176 valence electrons. The SMILES string of the molecule is Cc1ccc(CN2CC(=O)N3C[C@@H](c4ccc(Cl)cc4)c4c([nH]c5ccccc45)[C@@]3(C)C2=O)cc1. The van der Waals surface area contributed by atoms with Crippen LogP contribution in [0.2, 0.25) is 5.02 Å². The molecule has 1 aromatic heterocycles. The fraction of sp³-hybridized carbons (Fsp3) is 0.241. The Morgan fingerprint density at radius 1 is 1.00 bits per heavy atom. The van der Waals surface area contributed by atoms with Gasteiger partial charge < -0.3 is 14.8 Å². The number of hydrogen-bond donors (Lipinski definition) is 1. The van der Waals surface area contributed by atoms with Gasteiger partial charge >= 0.3 is 0 Å². The molecular formula is C29H26ClN3O2. The number of carbonyl (C=O) groups is 2. The second-order valence-electron chi connectivity index (χ2n) is 9.79. The molecular weight excluding hydrogens is 458 g/mol. The summed E-state index contributed by atoms with van der Waals surface area (Å²) in [4.78, 5) is 34.7. The maximum Gasteiger partial charge on any atom is 0.255 e. The number of para-hydroxylation sites is 1. The molecule has 6 rings (SSSR count). The topological polar surface area (TPSA) is 56.4 Å². The average Bonchev–Trinajstić information content (AvgIpc) is 3.25. The number of H-pyrrole nitrogens is 1. The van der Waals surface area contributed by atoms with Crippen LogP contribution in [0.5, 0.6) is 0 Å². The average molecular weight is 484 g/mol. The molecule has 0 unspecified atom stereocenters. The molecule has 0 spiro atoms. The highest BCUT2D eigenvalue weighted by Crippen LogP contribution is 2.48. The predicted octanol–water partition coefficient (Wildman–Crippen LogP) is 5.36. The minimum absolute atomic E-state index is 0.0394. The maximum absolute atomic E-state index is 14.1. The van der Waals surface area contributed by atoms with Gasteiger partial charge in [-0.2, -0.15) is 0 Å². The molecule has 0 aliphatic carbocycles. The van der Waals surface area contributed by atoms with Gasteiger partial charge in [-0.05, 0) is 48.7 Å². The van der Waals surface area contributed by atoms with E-state index in [9.17, 15) is 9.59 Å². The number of nitrogens with one attached hydrogen (secondary N) is 1. The van der Waals surface area contributed by atoms with Gasteiger partial charge in [-0.15, -0.1) is 0 Å². The number of fused-ring (bicyclic) bond motifs is 5. The Morgan fingerprint density at radius 2 is 1.71 bits per heavy atom. The number of hydrogen-bond acceptors (Lipinski definition) is 2. The van der Waals surface area contributed by atoms with Crippen molar-refractivity contribution in [3.63, 3.8) is 0 Å². The Morgan fingerprint density at radius 3 is 2.46 bits per heavy atom. The van der Waals surface area contributed by atoms with Crippen molar-refractivity contribution in [1.29, 1.82) is 0 Å². The number of aromatic nitrogens is 1. The molecule has 0 saturated carbocycles. The van der Waals surface area contributed by atoms with Crippen molar-refractivity contribution in [2.75, 3.05) is 13.1 Å². The molecule has 0 bridgehead atoms. The molecule has 1 saturated heterocycles. The van der Waals surface area contributed by atoms with E-state index in [4.69, 9.17) is 11.6 Å². The predicted molar refractivity (Wildman–Crippen MR) is 137 cm³/mol. The van der Waals surface area contributed by atoms with Crippen molar-refractivity contribution in [1.82, 2.24) is 14.8 Å². The van der Waals surface area contributed by atoms with Crippen LogP contribution in [0.4, 0.5) is 0 Å². The Kier molecular flexibility index (Phi) is 5.01. The number of amides is 2. The van der Waals surface area contributed by atoms with Gasteiger partial charge in [0.05, 0.1) is 5.69 Å². The van der Waals surface area contributed by atoms with E-state index < -0.39 is 5.54 Å². The first-order valence-corrected chi connectivity index (χ1v) is 12.3. The van der Waals surface area contributed by atoms with Gasteiger partial charge in [-0.3, -0.25) is 9.59 Å². The molecule has 2 aliphatic rings. The number of aromatic amines is 1. The van der Waals surface area contributed by atoms with Crippen LogP contribution in [0.25, 0.3) is 10.9 Å².